The molecule has 0 aliphatic heterocycles. The Labute approximate surface area is 137 Å². The van der Waals surface area contributed by atoms with Gasteiger partial charge in [0.25, 0.3) is 0 Å². The molecule has 0 fully saturated rings. The highest BCUT2D eigenvalue weighted by Crippen LogP contribution is 2.27. The molecule has 0 aliphatic rings. The van der Waals surface area contributed by atoms with Crippen molar-refractivity contribution in [2.45, 2.75) is 31.2 Å². The van der Waals surface area contributed by atoms with Crippen LogP contribution < -0.4 is 5.32 Å². The number of fused-ring (bicyclic) bond motifs is 1. The molecule has 5 nitrogen and oxygen atoms in total. The van der Waals surface area contributed by atoms with E-state index in [1.165, 1.54) is 11.8 Å². The van der Waals surface area contributed by atoms with Gasteiger partial charge in [-0.2, -0.15) is 0 Å². The van der Waals surface area contributed by atoms with E-state index in [-0.39, 0.29) is 11.2 Å². The van der Waals surface area contributed by atoms with Crippen molar-refractivity contribution in [2.75, 3.05) is 6.54 Å². The number of carbonyl (C=O) groups excluding carboxylic acids is 1. The maximum Gasteiger partial charge on any atom is 0.233 e. The van der Waals surface area contributed by atoms with Crippen molar-refractivity contribution in [3.05, 3.63) is 22.3 Å². The molecule has 0 spiro atoms. The Morgan fingerprint density at radius 3 is 2.76 bits per heavy atom. The maximum absolute atomic E-state index is 12.0. The molecule has 0 unspecified atom stereocenters. The molecule has 2 heterocycles. The van der Waals surface area contributed by atoms with E-state index in [1.54, 1.807) is 16.7 Å². The zero-order valence-electron chi connectivity index (χ0n) is 11.9. The normalized spacial score (nSPS) is 12.9. The van der Waals surface area contributed by atoms with E-state index in [2.05, 4.69) is 15.5 Å². The number of hydrogen-bond acceptors (Lipinski definition) is 4. The molecule has 0 bridgehead atoms. The summed E-state index contributed by atoms with van der Waals surface area (Å²) in [6.07, 6.45) is 1.68. The summed E-state index contributed by atoms with van der Waals surface area (Å²) in [6, 6.07) is 1.61. The lowest BCUT2D eigenvalue weighted by atomic mass is 10.2. The molecule has 2 aromatic rings. The third-order valence-electron chi connectivity index (χ3n) is 2.73. The van der Waals surface area contributed by atoms with Crippen LogP contribution in [0.1, 0.15) is 20.8 Å². The van der Waals surface area contributed by atoms with Crippen LogP contribution in [0.5, 0.6) is 0 Å². The van der Waals surface area contributed by atoms with Gasteiger partial charge in [0.15, 0.2) is 10.8 Å². The van der Waals surface area contributed by atoms with Gasteiger partial charge in [0.1, 0.15) is 0 Å². The van der Waals surface area contributed by atoms with Crippen LogP contribution in [0.4, 0.5) is 0 Å². The van der Waals surface area contributed by atoms with Crippen molar-refractivity contribution in [2.24, 2.45) is 5.92 Å². The van der Waals surface area contributed by atoms with E-state index < -0.39 is 0 Å². The monoisotopic (exact) mass is 346 g/mol. The molecular formula is C13H16Cl2N4OS. The number of aromatic nitrogens is 3. The molecule has 0 saturated heterocycles. The smallest absolute Gasteiger partial charge is 0.233 e. The number of amides is 1. The minimum absolute atomic E-state index is 0.0291. The first-order chi connectivity index (χ1) is 9.88. The molecule has 0 aliphatic carbocycles. The highest BCUT2D eigenvalue weighted by Gasteiger charge is 2.18. The van der Waals surface area contributed by atoms with E-state index in [9.17, 15) is 4.79 Å². The predicted molar refractivity (Wildman–Crippen MR) is 86.2 cm³/mol. The van der Waals surface area contributed by atoms with Gasteiger partial charge in [0.2, 0.25) is 5.91 Å². The zero-order chi connectivity index (χ0) is 15.6. The minimum atomic E-state index is -0.283. The number of nitrogens with zero attached hydrogens (tertiary/aromatic N) is 3. The van der Waals surface area contributed by atoms with E-state index in [0.717, 1.165) is 0 Å². The summed E-state index contributed by atoms with van der Waals surface area (Å²) in [5.41, 5.74) is 0.526. The van der Waals surface area contributed by atoms with Crippen LogP contribution in [-0.2, 0) is 4.79 Å². The van der Waals surface area contributed by atoms with Crippen LogP contribution in [-0.4, -0.2) is 32.3 Å². The van der Waals surface area contributed by atoms with Crippen molar-refractivity contribution in [1.82, 2.24) is 19.9 Å². The predicted octanol–water partition coefficient (Wildman–Crippen LogP) is 3.29. The lowest BCUT2D eigenvalue weighted by molar-refractivity contribution is -0.120. The van der Waals surface area contributed by atoms with Gasteiger partial charge in [-0.25, -0.2) is 0 Å². The van der Waals surface area contributed by atoms with Crippen LogP contribution in [0.3, 0.4) is 0 Å². The van der Waals surface area contributed by atoms with Gasteiger partial charge in [-0.15, -0.1) is 10.2 Å². The standard InChI is InChI=1S/C13H16Cl2N4OS/c1-7(2)5-16-12(20)8(3)21-13-18-17-11-10(15)4-9(14)6-19(11)13/h4,6-8H,5H2,1-3H3,(H,16,20)/t8-/m0/s1. The number of hydrogen-bond donors (Lipinski definition) is 1. The van der Waals surface area contributed by atoms with Crippen LogP contribution in [0.2, 0.25) is 10.0 Å². The number of rotatable bonds is 5. The van der Waals surface area contributed by atoms with Crippen molar-refractivity contribution in [1.29, 1.82) is 0 Å². The molecule has 0 saturated carbocycles. The molecule has 2 aromatic heterocycles. The van der Waals surface area contributed by atoms with Gasteiger partial charge in [-0.1, -0.05) is 48.8 Å². The Kier molecular flexibility index (Phi) is 5.35. The molecule has 21 heavy (non-hydrogen) atoms. The number of nitrogens with one attached hydrogen (secondary N) is 1. The summed E-state index contributed by atoms with van der Waals surface area (Å²) in [5.74, 6) is 0.385. The zero-order valence-corrected chi connectivity index (χ0v) is 14.3. The summed E-state index contributed by atoms with van der Waals surface area (Å²) >= 11 is 13.4. The summed E-state index contributed by atoms with van der Waals surface area (Å²) < 4.78 is 1.70. The molecule has 1 atom stereocenters. The van der Waals surface area contributed by atoms with E-state index in [4.69, 9.17) is 23.2 Å². The fraction of sp³-hybridized carbons (Fsp3) is 0.462. The molecule has 0 aromatic carbocycles. The van der Waals surface area contributed by atoms with Gasteiger partial charge >= 0.3 is 0 Å². The lowest BCUT2D eigenvalue weighted by Crippen LogP contribution is -2.33. The van der Waals surface area contributed by atoms with Gasteiger partial charge in [0.05, 0.1) is 15.3 Å². The van der Waals surface area contributed by atoms with Crippen molar-refractivity contribution >= 4 is 46.5 Å². The van der Waals surface area contributed by atoms with Crippen LogP contribution >= 0.6 is 35.0 Å². The van der Waals surface area contributed by atoms with Gasteiger partial charge in [0, 0.05) is 12.7 Å². The largest absolute Gasteiger partial charge is 0.355 e. The molecule has 2 rings (SSSR count). The minimum Gasteiger partial charge on any atom is -0.355 e. The second-order valence-corrected chi connectivity index (χ2v) is 7.23. The van der Waals surface area contributed by atoms with Crippen LogP contribution in [0.25, 0.3) is 5.65 Å². The van der Waals surface area contributed by atoms with Crippen molar-refractivity contribution in [3.8, 4) is 0 Å². The Balaban J connectivity index is 2.14. The molecule has 1 amide bonds. The van der Waals surface area contributed by atoms with E-state index in [0.29, 0.717) is 33.3 Å². The summed E-state index contributed by atoms with van der Waals surface area (Å²) in [6.45, 7) is 6.58. The first-order valence-corrected chi connectivity index (χ1v) is 8.16. The summed E-state index contributed by atoms with van der Waals surface area (Å²) in [4.78, 5) is 12.0. The first kappa shape index (κ1) is 16.4. The number of thioether (sulfide) groups is 1. The molecular weight excluding hydrogens is 331 g/mol. The third-order valence-corrected chi connectivity index (χ3v) is 4.27. The Hall–Kier alpha value is -0.980. The van der Waals surface area contributed by atoms with Gasteiger partial charge in [-0.3, -0.25) is 9.20 Å². The second-order valence-electron chi connectivity index (χ2n) is 5.08. The molecule has 114 valence electrons. The number of pyridine rings is 1. The highest BCUT2D eigenvalue weighted by molar-refractivity contribution is 8.00. The number of halogens is 2. The SMILES string of the molecule is CC(C)CNC(=O)[C@H](C)Sc1nnc2c(Cl)cc(Cl)cn12. The fourth-order valence-corrected chi connectivity index (χ4v) is 3.00. The van der Waals surface area contributed by atoms with E-state index in [1.807, 2.05) is 20.8 Å². The average molecular weight is 347 g/mol. The lowest BCUT2D eigenvalue weighted by Gasteiger charge is -2.12. The van der Waals surface area contributed by atoms with Gasteiger partial charge in [-0.05, 0) is 18.9 Å². The molecule has 8 heteroatoms. The average Bonchev–Trinajstić information content (AvgIpc) is 2.79. The molecule has 0 radical (unpaired) electrons. The van der Waals surface area contributed by atoms with Crippen molar-refractivity contribution in [3.63, 3.8) is 0 Å². The fourth-order valence-electron chi connectivity index (χ4n) is 1.64. The third kappa shape index (κ3) is 4.02. The number of carbonyl (C=O) groups is 1. The highest BCUT2D eigenvalue weighted by atomic mass is 35.5. The second kappa shape index (κ2) is 6.85. The molecule has 1 N–H and O–H groups in total. The Morgan fingerprint density at radius 2 is 2.10 bits per heavy atom. The Bertz CT molecular complexity index is 659. The quantitative estimate of drug-likeness (QED) is 0.844. The van der Waals surface area contributed by atoms with Gasteiger partial charge < -0.3 is 5.32 Å². The van der Waals surface area contributed by atoms with E-state index >= 15 is 0 Å². The van der Waals surface area contributed by atoms with Crippen molar-refractivity contribution < 1.29 is 4.79 Å². The maximum atomic E-state index is 12.0. The van der Waals surface area contributed by atoms with Crippen LogP contribution in [0.15, 0.2) is 17.4 Å². The summed E-state index contributed by atoms with van der Waals surface area (Å²) in [7, 11) is 0. The van der Waals surface area contributed by atoms with Crippen LogP contribution in [0, 0.1) is 5.92 Å². The Morgan fingerprint density at radius 1 is 1.38 bits per heavy atom. The topological polar surface area (TPSA) is 59.3 Å². The summed E-state index contributed by atoms with van der Waals surface area (Å²) in [5, 5.41) is 12.2. The first-order valence-electron chi connectivity index (χ1n) is 6.52.